The molecule has 2 aromatic carbocycles. The molecule has 2 aromatic rings. The molecule has 0 aromatic heterocycles. The lowest BCUT2D eigenvalue weighted by Gasteiger charge is -2.33. The fourth-order valence-corrected chi connectivity index (χ4v) is 4.85. The Morgan fingerprint density at radius 2 is 1.79 bits per heavy atom. The van der Waals surface area contributed by atoms with E-state index in [4.69, 9.17) is 4.74 Å². The van der Waals surface area contributed by atoms with Crippen LogP contribution in [-0.4, -0.2) is 45.9 Å². The van der Waals surface area contributed by atoms with E-state index in [2.05, 4.69) is 0 Å². The number of carbonyl (C=O) groups is 1. The number of anilines is 1. The maximum Gasteiger partial charge on any atom is 0.243 e. The van der Waals surface area contributed by atoms with Gasteiger partial charge in [0.1, 0.15) is 11.6 Å². The molecule has 0 radical (unpaired) electrons. The van der Waals surface area contributed by atoms with E-state index < -0.39 is 21.8 Å². The van der Waals surface area contributed by atoms with Crippen molar-refractivity contribution in [3.63, 3.8) is 0 Å². The zero-order valence-corrected chi connectivity index (χ0v) is 16.7. The highest BCUT2D eigenvalue weighted by molar-refractivity contribution is 7.89. The minimum atomic E-state index is -3.77. The van der Waals surface area contributed by atoms with Gasteiger partial charge < -0.3 is 9.64 Å². The third-order valence-electron chi connectivity index (χ3n) is 4.98. The molecule has 6 nitrogen and oxygen atoms in total. The van der Waals surface area contributed by atoms with Crippen molar-refractivity contribution in [1.82, 2.24) is 4.31 Å². The van der Waals surface area contributed by atoms with Crippen molar-refractivity contribution >= 4 is 21.6 Å². The second-order valence-electron chi connectivity index (χ2n) is 6.75. The van der Waals surface area contributed by atoms with Crippen LogP contribution < -0.4 is 9.64 Å². The van der Waals surface area contributed by atoms with Crippen LogP contribution in [0, 0.1) is 11.7 Å². The quantitative estimate of drug-likeness (QED) is 0.766. The topological polar surface area (TPSA) is 66.9 Å². The molecular weight excluding hydrogens is 383 g/mol. The monoisotopic (exact) mass is 406 g/mol. The van der Waals surface area contributed by atoms with Crippen molar-refractivity contribution in [3.05, 3.63) is 54.3 Å². The van der Waals surface area contributed by atoms with Gasteiger partial charge in [0.05, 0.1) is 17.9 Å². The van der Waals surface area contributed by atoms with E-state index >= 15 is 0 Å². The predicted molar refractivity (Wildman–Crippen MR) is 104 cm³/mol. The van der Waals surface area contributed by atoms with Gasteiger partial charge in [-0.15, -0.1) is 0 Å². The van der Waals surface area contributed by atoms with Crippen LogP contribution >= 0.6 is 0 Å². The zero-order valence-electron chi connectivity index (χ0n) is 15.8. The van der Waals surface area contributed by atoms with E-state index in [9.17, 15) is 17.6 Å². The van der Waals surface area contributed by atoms with Crippen molar-refractivity contribution in [2.24, 2.45) is 5.92 Å². The molecule has 0 N–H and O–H groups in total. The third kappa shape index (κ3) is 4.18. The number of hydrogen-bond acceptors (Lipinski definition) is 4. The Kier molecular flexibility index (Phi) is 6.00. The normalized spacial score (nSPS) is 17.9. The Morgan fingerprint density at radius 3 is 2.39 bits per heavy atom. The Labute approximate surface area is 164 Å². The van der Waals surface area contributed by atoms with Gasteiger partial charge in [0, 0.05) is 25.8 Å². The number of carbonyl (C=O) groups excluding carboxylic acids is 1. The number of benzene rings is 2. The molecular formula is C20H23FN2O4S. The van der Waals surface area contributed by atoms with Crippen LogP contribution in [0.1, 0.15) is 12.8 Å². The van der Waals surface area contributed by atoms with Gasteiger partial charge in [-0.2, -0.15) is 4.31 Å². The first-order valence-corrected chi connectivity index (χ1v) is 10.4. The first kappa shape index (κ1) is 20.3. The Bertz CT molecular complexity index is 930. The van der Waals surface area contributed by atoms with E-state index in [-0.39, 0.29) is 17.3 Å². The Morgan fingerprint density at radius 1 is 1.14 bits per heavy atom. The van der Waals surface area contributed by atoms with Gasteiger partial charge in [-0.3, -0.25) is 4.79 Å². The number of amides is 1. The van der Waals surface area contributed by atoms with Crippen LogP contribution in [0.4, 0.5) is 10.1 Å². The standard InChI is InChI=1S/C20H23FN2O4S/c1-22(17-7-9-18(27-2)10-8-17)20(24)15-4-3-13-23(14-15)28(25,26)19-11-5-16(21)6-12-19/h5-12,15H,3-4,13-14H2,1-2H3/t15-/m1/s1. The van der Waals surface area contributed by atoms with Crippen LogP contribution in [0.25, 0.3) is 0 Å². The number of sulfonamides is 1. The predicted octanol–water partition coefficient (Wildman–Crippen LogP) is 2.90. The average Bonchev–Trinajstić information content (AvgIpc) is 2.73. The van der Waals surface area contributed by atoms with Gasteiger partial charge in [0.2, 0.25) is 15.9 Å². The summed E-state index contributed by atoms with van der Waals surface area (Å²) in [7, 11) is -0.516. The summed E-state index contributed by atoms with van der Waals surface area (Å²) in [5, 5.41) is 0. The number of hydrogen-bond donors (Lipinski definition) is 0. The van der Waals surface area contributed by atoms with Gasteiger partial charge in [-0.1, -0.05) is 0 Å². The number of rotatable bonds is 5. The molecule has 1 atom stereocenters. The molecule has 1 heterocycles. The van der Waals surface area contributed by atoms with Crippen molar-refractivity contribution in [2.75, 3.05) is 32.1 Å². The number of nitrogens with zero attached hydrogens (tertiary/aromatic N) is 2. The molecule has 3 rings (SSSR count). The fourth-order valence-electron chi connectivity index (χ4n) is 3.32. The first-order valence-electron chi connectivity index (χ1n) is 9.00. The summed E-state index contributed by atoms with van der Waals surface area (Å²) in [5.41, 5.74) is 0.712. The van der Waals surface area contributed by atoms with E-state index in [1.165, 1.54) is 21.3 Å². The Hall–Kier alpha value is -2.45. The summed E-state index contributed by atoms with van der Waals surface area (Å²) in [6, 6.07) is 11.8. The second kappa shape index (κ2) is 8.28. The number of methoxy groups -OCH3 is 1. The lowest BCUT2D eigenvalue weighted by atomic mass is 9.98. The molecule has 8 heteroatoms. The maximum absolute atomic E-state index is 13.1. The van der Waals surface area contributed by atoms with E-state index in [1.54, 1.807) is 38.4 Å². The third-order valence-corrected chi connectivity index (χ3v) is 6.85. The molecule has 1 aliphatic heterocycles. The molecule has 0 aliphatic carbocycles. The molecule has 0 bridgehead atoms. The van der Waals surface area contributed by atoms with Crippen LogP contribution in [-0.2, 0) is 14.8 Å². The first-order chi connectivity index (χ1) is 13.3. The van der Waals surface area contributed by atoms with Crippen LogP contribution in [0.5, 0.6) is 5.75 Å². The summed E-state index contributed by atoms with van der Waals surface area (Å²) in [6.07, 6.45) is 1.21. The Balaban J connectivity index is 1.74. The minimum Gasteiger partial charge on any atom is -0.497 e. The van der Waals surface area contributed by atoms with Crippen LogP contribution in [0.2, 0.25) is 0 Å². The van der Waals surface area contributed by atoms with Crippen LogP contribution in [0.3, 0.4) is 0 Å². The molecule has 28 heavy (non-hydrogen) atoms. The summed E-state index contributed by atoms with van der Waals surface area (Å²) >= 11 is 0. The molecule has 1 saturated heterocycles. The summed E-state index contributed by atoms with van der Waals surface area (Å²) in [4.78, 5) is 14.5. The van der Waals surface area contributed by atoms with Crippen molar-refractivity contribution in [3.8, 4) is 5.75 Å². The highest BCUT2D eigenvalue weighted by Crippen LogP contribution is 2.27. The molecule has 1 fully saturated rings. The van der Waals surface area contributed by atoms with Crippen molar-refractivity contribution < 1.29 is 22.3 Å². The molecule has 0 spiro atoms. The molecule has 150 valence electrons. The lowest BCUT2D eigenvalue weighted by Crippen LogP contribution is -2.45. The maximum atomic E-state index is 13.1. The zero-order chi connectivity index (χ0) is 20.3. The average molecular weight is 406 g/mol. The number of piperidine rings is 1. The van der Waals surface area contributed by atoms with E-state index in [0.717, 1.165) is 12.1 Å². The molecule has 0 unspecified atom stereocenters. The highest BCUT2D eigenvalue weighted by atomic mass is 32.2. The number of ether oxygens (including phenoxy) is 1. The van der Waals surface area contributed by atoms with E-state index in [0.29, 0.717) is 30.8 Å². The number of halogens is 1. The van der Waals surface area contributed by atoms with Crippen LogP contribution in [0.15, 0.2) is 53.4 Å². The molecule has 1 amide bonds. The minimum absolute atomic E-state index is 0.0329. The van der Waals surface area contributed by atoms with Gasteiger partial charge in [0.15, 0.2) is 0 Å². The van der Waals surface area contributed by atoms with Crippen molar-refractivity contribution in [2.45, 2.75) is 17.7 Å². The van der Waals surface area contributed by atoms with E-state index in [1.807, 2.05) is 0 Å². The smallest absolute Gasteiger partial charge is 0.243 e. The largest absolute Gasteiger partial charge is 0.497 e. The molecule has 0 saturated carbocycles. The second-order valence-corrected chi connectivity index (χ2v) is 8.69. The fraction of sp³-hybridized carbons (Fsp3) is 0.350. The van der Waals surface area contributed by atoms with Gasteiger partial charge >= 0.3 is 0 Å². The SMILES string of the molecule is COc1ccc(N(C)C(=O)[C@@H]2CCCN(S(=O)(=O)c3ccc(F)cc3)C2)cc1. The highest BCUT2D eigenvalue weighted by Gasteiger charge is 2.34. The summed E-state index contributed by atoms with van der Waals surface area (Å²) in [6.45, 7) is 0.453. The lowest BCUT2D eigenvalue weighted by molar-refractivity contribution is -0.123. The van der Waals surface area contributed by atoms with Gasteiger partial charge in [-0.05, 0) is 61.4 Å². The van der Waals surface area contributed by atoms with Gasteiger partial charge in [0.25, 0.3) is 0 Å². The van der Waals surface area contributed by atoms with Gasteiger partial charge in [-0.25, -0.2) is 12.8 Å². The summed E-state index contributed by atoms with van der Waals surface area (Å²) < 4.78 is 45.2. The summed E-state index contributed by atoms with van der Waals surface area (Å²) in [5.74, 6) is -0.370. The van der Waals surface area contributed by atoms with Crippen molar-refractivity contribution in [1.29, 1.82) is 0 Å². The molecule has 1 aliphatic rings.